The predicted molar refractivity (Wildman–Crippen MR) is 68.4 cm³/mol. The Morgan fingerprint density at radius 2 is 2.29 bits per heavy atom. The number of aromatic nitrogens is 2. The van der Waals surface area contributed by atoms with Gasteiger partial charge in [0.15, 0.2) is 0 Å². The number of thiophene rings is 1. The van der Waals surface area contributed by atoms with Crippen LogP contribution in [0.5, 0.6) is 0 Å². The molecule has 0 saturated carbocycles. The van der Waals surface area contributed by atoms with Gasteiger partial charge in [-0.25, -0.2) is 4.98 Å². The number of amides is 1. The second-order valence-electron chi connectivity index (χ2n) is 3.57. The van der Waals surface area contributed by atoms with E-state index in [4.69, 9.17) is 0 Å². The van der Waals surface area contributed by atoms with Crippen molar-refractivity contribution in [2.75, 3.05) is 5.32 Å². The van der Waals surface area contributed by atoms with Gasteiger partial charge in [-0.15, -0.1) is 11.3 Å². The monoisotopic (exact) mass is 243 g/mol. The number of anilines is 1. The van der Waals surface area contributed by atoms with E-state index >= 15 is 0 Å². The Morgan fingerprint density at radius 3 is 3.12 bits per heavy atom. The zero-order chi connectivity index (χ0) is 11.7. The number of H-pyrrole nitrogens is 1. The quantitative estimate of drug-likeness (QED) is 0.727. The number of nitrogens with zero attached hydrogens (tertiary/aromatic N) is 1. The highest BCUT2D eigenvalue weighted by molar-refractivity contribution is 7.12. The normalized spacial score (nSPS) is 10.6. The Kier molecular flexibility index (Phi) is 2.38. The fourth-order valence-corrected chi connectivity index (χ4v) is 2.23. The fraction of sp³-hybridized carbons (Fsp3) is 0. The molecule has 4 nitrogen and oxygen atoms in total. The van der Waals surface area contributed by atoms with Crippen LogP contribution in [0.1, 0.15) is 9.67 Å². The molecule has 1 amide bonds. The Labute approximate surface area is 101 Å². The third kappa shape index (κ3) is 1.92. The zero-order valence-corrected chi connectivity index (χ0v) is 9.62. The van der Waals surface area contributed by atoms with Gasteiger partial charge in [-0.2, -0.15) is 0 Å². The maximum atomic E-state index is 11.8. The van der Waals surface area contributed by atoms with E-state index in [0.29, 0.717) is 4.88 Å². The van der Waals surface area contributed by atoms with E-state index in [1.807, 2.05) is 29.6 Å². The van der Waals surface area contributed by atoms with E-state index in [1.54, 1.807) is 12.4 Å². The van der Waals surface area contributed by atoms with Crippen LogP contribution in [0.3, 0.4) is 0 Å². The van der Waals surface area contributed by atoms with Crippen LogP contribution in [-0.4, -0.2) is 15.9 Å². The van der Waals surface area contributed by atoms with Crippen LogP contribution in [-0.2, 0) is 0 Å². The summed E-state index contributed by atoms with van der Waals surface area (Å²) in [5.41, 5.74) is 2.56. The predicted octanol–water partition coefficient (Wildman–Crippen LogP) is 2.88. The maximum Gasteiger partial charge on any atom is 0.265 e. The van der Waals surface area contributed by atoms with E-state index in [9.17, 15) is 4.79 Å². The molecule has 0 atom stereocenters. The largest absolute Gasteiger partial charge is 0.345 e. The minimum atomic E-state index is -0.0844. The molecule has 0 aliphatic carbocycles. The van der Waals surface area contributed by atoms with E-state index in [-0.39, 0.29) is 5.91 Å². The molecule has 5 heteroatoms. The first kappa shape index (κ1) is 10.0. The molecule has 0 aliphatic heterocycles. The third-order valence-electron chi connectivity index (χ3n) is 2.42. The molecule has 0 fully saturated rings. The van der Waals surface area contributed by atoms with Gasteiger partial charge in [0.05, 0.1) is 22.2 Å². The number of hydrogen-bond acceptors (Lipinski definition) is 3. The molecule has 0 bridgehead atoms. The number of carbonyl (C=O) groups excluding carboxylic acids is 1. The van der Waals surface area contributed by atoms with Gasteiger partial charge in [0.1, 0.15) is 0 Å². The van der Waals surface area contributed by atoms with Gasteiger partial charge in [-0.05, 0) is 29.6 Å². The van der Waals surface area contributed by atoms with Gasteiger partial charge in [0.25, 0.3) is 5.91 Å². The summed E-state index contributed by atoms with van der Waals surface area (Å²) in [6, 6.07) is 9.24. The molecule has 3 rings (SSSR count). The van der Waals surface area contributed by atoms with Gasteiger partial charge < -0.3 is 10.3 Å². The first-order chi connectivity index (χ1) is 8.33. The summed E-state index contributed by atoms with van der Waals surface area (Å²) < 4.78 is 0. The molecule has 0 saturated heterocycles. The number of hydrogen-bond donors (Lipinski definition) is 2. The first-order valence-corrected chi connectivity index (χ1v) is 5.99. The number of imidazole rings is 1. The van der Waals surface area contributed by atoms with Crippen LogP contribution in [0.4, 0.5) is 5.69 Å². The smallest absolute Gasteiger partial charge is 0.265 e. The van der Waals surface area contributed by atoms with Crippen molar-refractivity contribution in [2.24, 2.45) is 0 Å². The second kappa shape index (κ2) is 4.03. The summed E-state index contributed by atoms with van der Waals surface area (Å²) >= 11 is 1.42. The Morgan fingerprint density at radius 1 is 1.35 bits per heavy atom. The molecule has 17 heavy (non-hydrogen) atoms. The first-order valence-electron chi connectivity index (χ1n) is 5.11. The average molecular weight is 243 g/mol. The molecule has 2 aromatic heterocycles. The molecule has 0 unspecified atom stereocenters. The van der Waals surface area contributed by atoms with Gasteiger partial charge in [0, 0.05) is 5.69 Å². The minimum absolute atomic E-state index is 0.0844. The van der Waals surface area contributed by atoms with Crippen LogP contribution in [0, 0.1) is 0 Å². The minimum Gasteiger partial charge on any atom is -0.345 e. The summed E-state index contributed by atoms with van der Waals surface area (Å²) in [7, 11) is 0. The fourth-order valence-electron chi connectivity index (χ4n) is 1.61. The number of rotatable bonds is 2. The molecule has 0 spiro atoms. The second-order valence-corrected chi connectivity index (χ2v) is 4.51. The SMILES string of the molecule is O=C(Nc1ccc2nc[nH]c2c1)c1cccs1. The third-order valence-corrected chi connectivity index (χ3v) is 3.29. The van der Waals surface area contributed by atoms with Crippen LogP contribution in [0.25, 0.3) is 11.0 Å². The van der Waals surface area contributed by atoms with Gasteiger partial charge in [0.2, 0.25) is 0 Å². The molecule has 2 heterocycles. The van der Waals surface area contributed by atoms with E-state index in [0.717, 1.165) is 16.7 Å². The molecular weight excluding hydrogens is 234 g/mol. The molecule has 0 radical (unpaired) electrons. The molecule has 1 aromatic carbocycles. The van der Waals surface area contributed by atoms with Crippen molar-refractivity contribution in [1.29, 1.82) is 0 Å². The van der Waals surface area contributed by atoms with E-state index in [1.165, 1.54) is 11.3 Å². The number of aromatic amines is 1. The average Bonchev–Trinajstić information content (AvgIpc) is 2.99. The zero-order valence-electron chi connectivity index (χ0n) is 8.81. The summed E-state index contributed by atoms with van der Waals surface area (Å²) in [5, 5.41) is 4.73. The van der Waals surface area contributed by atoms with Gasteiger partial charge >= 0.3 is 0 Å². The number of carbonyl (C=O) groups is 1. The van der Waals surface area contributed by atoms with Crippen molar-refractivity contribution in [3.05, 3.63) is 46.9 Å². The lowest BCUT2D eigenvalue weighted by molar-refractivity contribution is 0.103. The van der Waals surface area contributed by atoms with Crippen LogP contribution in [0.15, 0.2) is 42.0 Å². The van der Waals surface area contributed by atoms with Crippen LogP contribution in [0.2, 0.25) is 0 Å². The standard InChI is InChI=1S/C12H9N3OS/c16-12(11-2-1-5-17-11)15-8-3-4-9-10(6-8)14-7-13-9/h1-7H,(H,13,14)(H,15,16). The molecule has 84 valence electrons. The van der Waals surface area contributed by atoms with Crippen molar-refractivity contribution < 1.29 is 4.79 Å². The van der Waals surface area contributed by atoms with Crippen molar-refractivity contribution in [3.63, 3.8) is 0 Å². The Balaban J connectivity index is 1.87. The van der Waals surface area contributed by atoms with Crippen LogP contribution < -0.4 is 5.32 Å². The highest BCUT2D eigenvalue weighted by atomic mass is 32.1. The molecular formula is C12H9N3OS. The van der Waals surface area contributed by atoms with Crippen molar-refractivity contribution in [1.82, 2.24) is 9.97 Å². The summed E-state index contributed by atoms with van der Waals surface area (Å²) in [6.07, 6.45) is 1.63. The lowest BCUT2D eigenvalue weighted by atomic mass is 10.2. The number of benzene rings is 1. The lowest BCUT2D eigenvalue weighted by Gasteiger charge is -2.02. The van der Waals surface area contributed by atoms with Crippen molar-refractivity contribution >= 4 is 34.0 Å². The summed E-state index contributed by atoms with van der Waals surface area (Å²) in [4.78, 5) is 19.7. The lowest BCUT2D eigenvalue weighted by Crippen LogP contribution is -2.09. The van der Waals surface area contributed by atoms with E-state index in [2.05, 4.69) is 15.3 Å². The number of nitrogens with one attached hydrogen (secondary N) is 2. The molecule has 0 aliphatic rings. The van der Waals surface area contributed by atoms with Gasteiger partial charge in [-0.3, -0.25) is 4.79 Å². The van der Waals surface area contributed by atoms with E-state index < -0.39 is 0 Å². The summed E-state index contributed by atoms with van der Waals surface area (Å²) in [5.74, 6) is -0.0844. The molecule has 3 aromatic rings. The highest BCUT2D eigenvalue weighted by Gasteiger charge is 2.07. The Bertz CT molecular complexity index is 657. The maximum absolute atomic E-state index is 11.8. The van der Waals surface area contributed by atoms with Crippen molar-refractivity contribution in [3.8, 4) is 0 Å². The summed E-state index contributed by atoms with van der Waals surface area (Å²) in [6.45, 7) is 0. The highest BCUT2D eigenvalue weighted by Crippen LogP contribution is 2.17. The van der Waals surface area contributed by atoms with Crippen LogP contribution >= 0.6 is 11.3 Å². The van der Waals surface area contributed by atoms with Crippen molar-refractivity contribution in [2.45, 2.75) is 0 Å². The Hall–Kier alpha value is -2.14. The van der Waals surface area contributed by atoms with Gasteiger partial charge in [-0.1, -0.05) is 6.07 Å². The topological polar surface area (TPSA) is 57.8 Å². The molecule has 2 N–H and O–H groups in total. The number of fused-ring (bicyclic) bond motifs is 1.